The minimum atomic E-state index is -0.785. The SMILES string of the molecule is COc1cc(C)c(Br)cc1C(O)c1cc(Cl)ccc1I. The van der Waals surface area contributed by atoms with Crippen molar-refractivity contribution in [2.45, 2.75) is 13.0 Å². The molecule has 0 heterocycles. The number of methoxy groups -OCH3 is 1. The van der Waals surface area contributed by atoms with Crippen LogP contribution in [0.1, 0.15) is 22.8 Å². The van der Waals surface area contributed by atoms with Crippen LogP contribution in [0.15, 0.2) is 34.8 Å². The van der Waals surface area contributed by atoms with Crippen molar-refractivity contribution in [2.24, 2.45) is 0 Å². The average molecular weight is 468 g/mol. The van der Waals surface area contributed by atoms with E-state index < -0.39 is 6.10 Å². The van der Waals surface area contributed by atoms with Crippen LogP contribution in [0, 0.1) is 10.5 Å². The summed E-state index contributed by atoms with van der Waals surface area (Å²) in [5.41, 5.74) is 2.54. The van der Waals surface area contributed by atoms with Crippen LogP contribution in [0.5, 0.6) is 5.75 Å². The Morgan fingerprint density at radius 3 is 2.60 bits per heavy atom. The molecule has 20 heavy (non-hydrogen) atoms. The molecule has 2 rings (SSSR count). The molecule has 0 fully saturated rings. The smallest absolute Gasteiger partial charge is 0.125 e. The van der Waals surface area contributed by atoms with E-state index in [0.29, 0.717) is 16.3 Å². The second-order valence-corrected chi connectivity index (χ2v) is 6.86. The van der Waals surface area contributed by atoms with Crippen molar-refractivity contribution in [1.29, 1.82) is 0 Å². The minimum Gasteiger partial charge on any atom is -0.496 e. The molecule has 0 spiro atoms. The summed E-state index contributed by atoms with van der Waals surface area (Å²) in [5, 5.41) is 11.3. The Labute approximate surface area is 145 Å². The lowest BCUT2D eigenvalue weighted by Crippen LogP contribution is -2.05. The topological polar surface area (TPSA) is 29.5 Å². The molecule has 0 aromatic heterocycles. The summed E-state index contributed by atoms with van der Waals surface area (Å²) in [5.74, 6) is 0.661. The maximum atomic E-state index is 10.7. The number of benzene rings is 2. The van der Waals surface area contributed by atoms with Gasteiger partial charge in [-0.1, -0.05) is 27.5 Å². The Balaban J connectivity index is 2.55. The predicted molar refractivity (Wildman–Crippen MR) is 93.7 cm³/mol. The van der Waals surface area contributed by atoms with E-state index in [1.54, 1.807) is 13.2 Å². The Hall–Kier alpha value is -0.300. The largest absolute Gasteiger partial charge is 0.496 e. The monoisotopic (exact) mass is 466 g/mol. The van der Waals surface area contributed by atoms with Crippen LogP contribution in [-0.2, 0) is 0 Å². The first kappa shape index (κ1) is 16.1. The molecule has 0 aliphatic rings. The summed E-state index contributed by atoms with van der Waals surface area (Å²) in [6, 6.07) is 9.26. The van der Waals surface area contributed by atoms with Crippen molar-refractivity contribution in [3.05, 3.63) is 60.1 Å². The molecule has 5 heteroatoms. The first-order valence-electron chi connectivity index (χ1n) is 5.91. The molecule has 0 saturated heterocycles. The Bertz CT molecular complexity index is 646. The first-order valence-corrected chi connectivity index (χ1v) is 8.16. The highest BCUT2D eigenvalue weighted by molar-refractivity contribution is 14.1. The fraction of sp³-hybridized carbons (Fsp3) is 0.200. The molecule has 1 unspecified atom stereocenters. The van der Waals surface area contributed by atoms with Crippen LogP contribution in [0.4, 0.5) is 0 Å². The van der Waals surface area contributed by atoms with E-state index in [-0.39, 0.29) is 0 Å². The quantitative estimate of drug-likeness (QED) is 0.636. The van der Waals surface area contributed by atoms with Gasteiger partial charge in [-0.3, -0.25) is 0 Å². The van der Waals surface area contributed by atoms with Gasteiger partial charge in [-0.15, -0.1) is 0 Å². The molecule has 0 radical (unpaired) electrons. The molecule has 2 nitrogen and oxygen atoms in total. The van der Waals surface area contributed by atoms with E-state index in [1.807, 2.05) is 31.2 Å². The molecule has 2 aromatic rings. The second-order valence-electron chi connectivity index (χ2n) is 4.41. The lowest BCUT2D eigenvalue weighted by molar-refractivity contribution is 0.214. The molecule has 0 amide bonds. The van der Waals surface area contributed by atoms with Gasteiger partial charge in [0.15, 0.2) is 0 Å². The third-order valence-corrected chi connectivity index (χ3v) is 5.13. The maximum Gasteiger partial charge on any atom is 0.125 e. The average Bonchev–Trinajstić information content (AvgIpc) is 2.43. The van der Waals surface area contributed by atoms with Gasteiger partial charge in [0.2, 0.25) is 0 Å². The van der Waals surface area contributed by atoms with Crippen LogP contribution in [0.3, 0.4) is 0 Å². The summed E-state index contributed by atoms with van der Waals surface area (Å²) >= 11 is 11.7. The molecule has 2 aromatic carbocycles. The summed E-state index contributed by atoms with van der Waals surface area (Å²) in [6.45, 7) is 1.98. The fourth-order valence-electron chi connectivity index (χ4n) is 1.95. The van der Waals surface area contributed by atoms with Gasteiger partial charge in [-0.25, -0.2) is 0 Å². The lowest BCUT2D eigenvalue weighted by Gasteiger charge is -2.18. The summed E-state index contributed by atoms with van der Waals surface area (Å²) in [4.78, 5) is 0. The number of ether oxygens (including phenoxy) is 1. The second kappa shape index (κ2) is 6.64. The molecule has 0 aliphatic carbocycles. The number of hydrogen-bond donors (Lipinski definition) is 1. The molecule has 0 saturated carbocycles. The third-order valence-electron chi connectivity index (χ3n) is 3.06. The number of hydrogen-bond acceptors (Lipinski definition) is 2. The molecule has 106 valence electrons. The highest BCUT2D eigenvalue weighted by atomic mass is 127. The van der Waals surface area contributed by atoms with Crippen LogP contribution < -0.4 is 4.74 Å². The van der Waals surface area contributed by atoms with Crippen molar-refractivity contribution in [3.8, 4) is 5.75 Å². The summed E-state index contributed by atoms with van der Waals surface area (Å²) in [6.07, 6.45) is -0.785. The number of rotatable bonds is 3. The van der Waals surface area contributed by atoms with Crippen molar-refractivity contribution >= 4 is 50.1 Å². The van der Waals surface area contributed by atoms with Crippen molar-refractivity contribution in [2.75, 3.05) is 7.11 Å². The van der Waals surface area contributed by atoms with E-state index in [0.717, 1.165) is 19.2 Å². The highest BCUT2D eigenvalue weighted by Crippen LogP contribution is 2.36. The fourth-order valence-corrected chi connectivity index (χ4v) is 3.12. The Morgan fingerprint density at radius 2 is 1.95 bits per heavy atom. The van der Waals surface area contributed by atoms with Crippen molar-refractivity contribution in [3.63, 3.8) is 0 Å². The van der Waals surface area contributed by atoms with Gasteiger partial charge in [-0.05, 0) is 71.0 Å². The molecule has 0 aliphatic heterocycles. The number of halogens is 3. The summed E-state index contributed by atoms with van der Waals surface area (Å²) < 4.78 is 7.27. The van der Waals surface area contributed by atoms with Crippen LogP contribution >= 0.6 is 50.1 Å². The van der Waals surface area contributed by atoms with Gasteiger partial charge < -0.3 is 9.84 Å². The van der Waals surface area contributed by atoms with Gasteiger partial charge in [0.1, 0.15) is 11.9 Å². The van der Waals surface area contributed by atoms with Crippen molar-refractivity contribution < 1.29 is 9.84 Å². The number of aryl methyl sites for hydroxylation is 1. The lowest BCUT2D eigenvalue weighted by atomic mass is 9.99. The Kier molecular flexibility index (Phi) is 5.34. The molecule has 0 bridgehead atoms. The molecular weight excluding hydrogens is 454 g/mol. The molecule has 1 atom stereocenters. The van der Waals surface area contributed by atoms with E-state index >= 15 is 0 Å². The highest BCUT2D eigenvalue weighted by Gasteiger charge is 2.19. The van der Waals surface area contributed by atoms with Gasteiger partial charge in [-0.2, -0.15) is 0 Å². The molecule has 1 N–H and O–H groups in total. The molecular formula is C15H13BrClIO2. The van der Waals surface area contributed by atoms with E-state index in [2.05, 4.69) is 38.5 Å². The van der Waals surface area contributed by atoms with E-state index in [1.165, 1.54) is 0 Å². The van der Waals surface area contributed by atoms with E-state index in [9.17, 15) is 5.11 Å². The van der Waals surface area contributed by atoms with Crippen LogP contribution in [0.2, 0.25) is 5.02 Å². The Morgan fingerprint density at radius 1 is 1.25 bits per heavy atom. The van der Waals surface area contributed by atoms with Crippen molar-refractivity contribution in [1.82, 2.24) is 0 Å². The van der Waals surface area contributed by atoms with Crippen LogP contribution in [0.25, 0.3) is 0 Å². The minimum absolute atomic E-state index is 0.601. The van der Waals surface area contributed by atoms with Crippen LogP contribution in [-0.4, -0.2) is 12.2 Å². The van der Waals surface area contributed by atoms with Gasteiger partial charge >= 0.3 is 0 Å². The zero-order chi connectivity index (χ0) is 14.9. The summed E-state index contributed by atoms with van der Waals surface area (Å²) in [7, 11) is 1.60. The third kappa shape index (κ3) is 3.30. The van der Waals surface area contributed by atoms with Gasteiger partial charge in [0.25, 0.3) is 0 Å². The first-order chi connectivity index (χ1) is 9.43. The predicted octanol–water partition coefficient (Wildman–Crippen LogP) is 5.11. The zero-order valence-corrected chi connectivity index (χ0v) is 15.5. The normalized spacial score (nSPS) is 12.3. The standard InChI is InChI=1S/C15H13BrClIO2/c1-8-5-14(20-2)11(7-12(8)16)15(19)10-6-9(17)3-4-13(10)18/h3-7,15,19H,1-2H3. The van der Waals surface area contributed by atoms with Gasteiger partial charge in [0, 0.05) is 18.6 Å². The van der Waals surface area contributed by atoms with Gasteiger partial charge in [0.05, 0.1) is 7.11 Å². The zero-order valence-electron chi connectivity index (χ0n) is 11.0. The number of aliphatic hydroxyl groups excluding tert-OH is 1. The van der Waals surface area contributed by atoms with E-state index in [4.69, 9.17) is 16.3 Å². The maximum absolute atomic E-state index is 10.7. The number of aliphatic hydroxyl groups is 1.